The minimum absolute atomic E-state index is 0.145. The number of hydrogen-bond donors (Lipinski definition) is 1. The normalized spacial score (nSPS) is 14.4. The Balaban J connectivity index is 2.18. The highest BCUT2D eigenvalue weighted by atomic mass is 19.4. The summed E-state index contributed by atoms with van der Waals surface area (Å²) in [4.78, 5) is 4.43. The predicted octanol–water partition coefficient (Wildman–Crippen LogP) is 2.91. The third-order valence-electron chi connectivity index (χ3n) is 3.80. The van der Waals surface area contributed by atoms with Gasteiger partial charge in [0, 0.05) is 0 Å². The van der Waals surface area contributed by atoms with Gasteiger partial charge in [0.05, 0.1) is 30.7 Å². The molecule has 0 radical (unpaired) electrons. The Morgan fingerprint density at radius 3 is 2.61 bits per heavy atom. The Morgan fingerprint density at radius 1 is 1.35 bits per heavy atom. The molecule has 2 aromatic rings. The van der Waals surface area contributed by atoms with E-state index in [9.17, 15) is 13.2 Å². The first-order valence-electron chi connectivity index (χ1n) is 7.40. The summed E-state index contributed by atoms with van der Waals surface area (Å²) in [6.45, 7) is 3.89. The first-order valence-corrected chi connectivity index (χ1v) is 7.40. The molecule has 0 saturated carbocycles. The van der Waals surface area contributed by atoms with Gasteiger partial charge in [-0.3, -0.25) is 0 Å². The molecular weight excluding hydrogens is 309 g/mol. The SMILES string of the molecule is CCc1cnn2cc(C(COC(C)(C)C(F)(F)F)NC)nc2c1. The molecule has 0 saturated heterocycles. The molecule has 0 amide bonds. The van der Waals surface area contributed by atoms with E-state index in [0.29, 0.717) is 11.3 Å². The molecule has 1 atom stereocenters. The highest BCUT2D eigenvalue weighted by molar-refractivity contribution is 5.41. The van der Waals surface area contributed by atoms with E-state index < -0.39 is 17.8 Å². The Morgan fingerprint density at radius 2 is 2.04 bits per heavy atom. The molecule has 2 heterocycles. The number of ether oxygens (including phenoxy) is 1. The van der Waals surface area contributed by atoms with Crippen molar-refractivity contribution in [1.29, 1.82) is 0 Å². The molecule has 0 aliphatic rings. The van der Waals surface area contributed by atoms with E-state index in [1.807, 2.05) is 13.0 Å². The molecule has 0 fully saturated rings. The van der Waals surface area contributed by atoms with Crippen LogP contribution in [0.25, 0.3) is 5.65 Å². The molecule has 128 valence electrons. The highest BCUT2D eigenvalue weighted by Crippen LogP contribution is 2.33. The lowest BCUT2D eigenvalue weighted by Crippen LogP contribution is -2.43. The van der Waals surface area contributed by atoms with E-state index in [4.69, 9.17) is 4.74 Å². The molecule has 1 unspecified atom stereocenters. The summed E-state index contributed by atoms with van der Waals surface area (Å²) in [5, 5.41) is 7.18. The minimum Gasteiger partial charge on any atom is -0.364 e. The number of likely N-dealkylation sites (N-methyl/N-ethyl adjacent to an activating group) is 1. The van der Waals surface area contributed by atoms with Crippen molar-refractivity contribution in [2.24, 2.45) is 0 Å². The first kappa shape index (κ1) is 17.7. The zero-order chi connectivity index (χ0) is 17.3. The van der Waals surface area contributed by atoms with Crippen molar-refractivity contribution in [3.8, 4) is 0 Å². The van der Waals surface area contributed by atoms with E-state index in [1.54, 1.807) is 24.0 Å². The van der Waals surface area contributed by atoms with Crippen molar-refractivity contribution in [2.45, 2.75) is 45.0 Å². The third-order valence-corrected chi connectivity index (χ3v) is 3.80. The van der Waals surface area contributed by atoms with Gasteiger partial charge in [-0.05, 0) is 38.9 Å². The van der Waals surface area contributed by atoms with Crippen LogP contribution >= 0.6 is 0 Å². The van der Waals surface area contributed by atoms with Gasteiger partial charge in [0.1, 0.15) is 0 Å². The zero-order valence-electron chi connectivity index (χ0n) is 13.6. The second-order valence-corrected chi connectivity index (χ2v) is 5.85. The number of imidazole rings is 1. The number of aryl methyl sites for hydroxylation is 1. The number of alkyl halides is 3. The van der Waals surface area contributed by atoms with Crippen molar-refractivity contribution in [1.82, 2.24) is 19.9 Å². The smallest absolute Gasteiger partial charge is 0.364 e. The zero-order valence-corrected chi connectivity index (χ0v) is 13.6. The molecule has 0 aliphatic carbocycles. The lowest BCUT2D eigenvalue weighted by atomic mass is 10.1. The van der Waals surface area contributed by atoms with Crippen molar-refractivity contribution < 1.29 is 17.9 Å². The maximum atomic E-state index is 12.9. The van der Waals surface area contributed by atoms with Crippen molar-refractivity contribution in [2.75, 3.05) is 13.7 Å². The van der Waals surface area contributed by atoms with Gasteiger partial charge >= 0.3 is 6.18 Å². The van der Waals surface area contributed by atoms with E-state index in [-0.39, 0.29) is 6.61 Å². The largest absolute Gasteiger partial charge is 0.416 e. The van der Waals surface area contributed by atoms with Crippen LogP contribution in [0.4, 0.5) is 13.2 Å². The van der Waals surface area contributed by atoms with Gasteiger partial charge in [0.25, 0.3) is 0 Å². The van der Waals surface area contributed by atoms with E-state index in [0.717, 1.165) is 25.8 Å². The van der Waals surface area contributed by atoms with Crippen LogP contribution in [0.5, 0.6) is 0 Å². The van der Waals surface area contributed by atoms with Gasteiger partial charge in [-0.2, -0.15) is 18.3 Å². The summed E-state index contributed by atoms with van der Waals surface area (Å²) in [5.74, 6) is 0. The van der Waals surface area contributed by atoms with Gasteiger partial charge in [-0.1, -0.05) is 6.92 Å². The molecule has 8 heteroatoms. The Labute approximate surface area is 132 Å². The standard InChI is InChI=1S/C15H21F3N4O/c1-5-10-6-13-21-11(8-22(13)20-7-10)12(19-4)9-23-14(2,3)15(16,17)18/h6-8,12,19H,5,9H2,1-4H3. The van der Waals surface area contributed by atoms with Crippen molar-refractivity contribution in [3.63, 3.8) is 0 Å². The van der Waals surface area contributed by atoms with Crippen LogP contribution in [-0.4, -0.2) is 40.0 Å². The molecular formula is C15H21F3N4O. The maximum Gasteiger partial charge on any atom is 0.416 e. The minimum atomic E-state index is -4.43. The van der Waals surface area contributed by atoms with Crippen LogP contribution in [0.3, 0.4) is 0 Å². The van der Waals surface area contributed by atoms with Gasteiger partial charge in [-0.15, -0.1) is 0 Å². The highest BCUT2D eigenvalue weighted by Gasteiger charge is 2.48. The predicted molar refractivity (Wildman–Crippen MR) is 80.3 cm³/mol. The fourth-order valence-electron chi connectivity index (χ4n) is 1.99. The average molecular weight is 330 g/mol. The Hall–Kier alpha value is -1.67. The summed E-state index contributed by atoms with van der Waals surface area (Å²) in [6.07, 6.45) is -0.151. The van der Waals surface area contributed by atoms with Crippen LogP contribution in [0, 0.1) is 0 Å². The summed E-state index contributed by atoms with van der Waals surface area (Å²) in [6, 6.07) is 1.45. The molecule has 0 aromatic carbocycles. The number of halogens is 3. The van der Waals surface area contributed by atoms with Crippen LogP contribution < -0.4 is 5.32 Å². The third kappa shape index (κ3) is 3.81. The number of nitrogens with one attached hydrogen (secondary N) is 1. The lowest BCUT2D eigenvalue weighted by Gasteiger charge is -2.29. The summed E-state index contributed by atoms with van der Waals surface area (Å²) < 4.78 is 45.3. The molecule has 0 bridgehead atoms. The van der Waals surface area contributed by atoms with Crippen LogP contribution in [0.1, 0.15) is 38.1 Å². The lowest BCUT2D eigenvalue weighted by molar-refractivity contribution is -0.265. The summed E-state index contributed by atoms with van der Waals surface area (Å²) in [7, 11) is 1.66. The topological polar surface area (TPSA) is 51.5 Å². The van der Waals surface area contributed by atoms with Crippen LogP contribution in [0.15, 0.2) is 18.5 Å². The van der Waals surface area contributed by atoms with Crippen LogP contribution in [-0.2, 0) is 11.2 Å². The molecule has 5 nitrogen and oxygen atoms in total. The molecule has 2 rings (SSSR count). The Kier molecular flexibility index (Phi) is 4.95. The molecule has 1 N–H and O–H groups in total. The number of hydrogen-bond acceptors (Lipinski definition) is 4. The van der Waals surface area contributed by atoms with E-state index in [1.165, 1.54) is 0 Å². The second-order valence-electron chi connectivity index (χ2n) is 5.85. The number of rotatable bonds is 6. The van der Waals surface area contributed by atoms with Gasteiger partial charge in [0.2, 0.25) is 0 Å². The van der Waals surface area contributed by atoms with Gasteiger partial charge in [-0.25, -0.2) is 9.50 Å². The Bertz CT molecular complexity index is 666. The number of nitrogens with zero attached hydrogens (tertiary/aromatic N) is 3. The molecule has 0 aliphatic heterocycles. The van der Waals surface area contributed by atoms with E-state index in [2.05, 4.69) is 15.4 Å². The van der Waals surface area contributed by atoms with Crippen molar-refractivity contribution >= 4 is 5.65 Å². The quantitative estimate of drug-likeness (QED) is 0.885. The fraction of sp³-hybridized carbons (Fsp3) is 0.600. The fourth-order valence-corrected chi connectivity index (χ4v) is 1.99. The average Bonchev–Trinajstić information content (AvgIpc) is 2.89. The monoisotopic (exact) mass is 330 g/mol. The van der Waals surface area contributed by atoms with E-state index >= 15 is 0 Å². The number of aromatic nitrogens is 3. The molecule has 2 aromatic heterocycles. The molecule has 23 heavy (non-hydrogen) atoms. The summed E-state index contributed by atoms with van der Waals surface area (Å²) >= 11 is 0. The second kappa shape index (κ2) is 6.45. The van der Waals surface area contributed by atoms with Gasteiger partial charge in [0.15, 0.2) is 11.2 Å². The van der Waals surface area contributed by atoms with Crippen molar-refractivity contribution in [3.05, 3.63) is 29.7 Å². The van der Waals surface area contributed by atoms with Crippen LogP contribution in [0.2, 0.25) is 0 Å². The number of fused-ring (bicyclic) bond motifs is 1. The maximum absolute atomic E-state index is 12.9. The first-order chi connectivity index (χ1) is 10.7. The summed E-state index contributed by atoms with van der Waals surface area (Å²) in [5.41, 5.74) is 0.0838. The van der Waals surface area contributed by atoms with Gasteiger partial charge < -0.3 is 10.1 Å². The molecule has 0 spiro atoms.